The topological polar surface area (TPSA) is 99.4 Å². The van der Waals surface area contributed by atoms with E-state index in [0.29, 0.717) is 18.0 Å². The fourth-order valence-corrected chi connectivity index (χ4v) is 4.32. The van der Waals surface area contributed by atoms with Crippen LogP contribution in [0.5, 0.6) is 5.75 Å². The van der Waals surface area contributed by atoms with E-state index >= 15 is 0 Å². The van der Waals surface area contributed by atoms with Gasteiger partial charge in [0.15, 0.2) is 0 Å². The lowest BCUT2D eigenvalue weighted by Gasteiger charge is -2.36. The Morgan fingerprint density at radius 3 is 2.47 bits per heavy atom. The fraction of sp³-hybridized carbons (Fsp3) is 0.545. The number of benzene rings is 1. The Morgan fingerprint density at radius 1 is 1.12 bits per heavy atom. The Morgan fingerprint density at radius 2 is 1.84 bits per heavy atom. The summed E-state index contributed by atoms with van der Waals surface area (Å²) in [7, 11) is 0. The van der Waals surface area contributed by atoms with Crippen molar-refractivity contribution < 1.29 is 17.9 Å². The summed E-state index contributed by atoms with van der Waals surface area (Å²) in [5.74, 6) is 0.320. The molecule has 2 aromatic rings. The predicted molar refractivity (Wildman–Crippen MR) is 114 cm³/mol. The molecule has 2 aliphatic rings. The number of anilines is 1. The van der Waals surface area contributed by atoms with Gasteiger partial charge in [0, 0.05) is 43.0 Å². The van der Waals surface area contributed by atoms with E-state index in [1.165, 1.54) is 18.3 Å². The van der Waals surface area contributed by atoms with Gasteiger partial charge >= 0.3 is 12.1 Å². The zero-order valence-electron chi connectivity index (χ0n) is 17.7. The van der Waals surface area contributed by atoms with E-state index in [0.717, 1.165) is 49.6 Å². The van der Waals surface area contributed by atoms with Crippen LogP contribution in [0.2, 0.25) is 0 Å². The number of ether oxygens (including phenoxy) is 1. The molecule has 7 nitrogen and oxygen atoms in total. The third-order valence-electron chi connectivity index (χ3n) is 6.20. The van der Waals surface area contributed by atoms with Crippen LogP contribution < -0.4 is 21.9 Å². The summed E-state index contributed by atoms with van der Waals surface area (Å²) in [6.45, 7) is 1.20. The molecule has 4 N–H and O–H groups in total. The largest absolute Gasteiger partial charge is 0.573 e. The van der Waals surface area contributed by atoms with Crippen LogP contribution in [0.15, 0.2) is 35.3 Å². The van der Waals surface area contributed by atoms with Crippen molar-refractivity contribution in [2.45, 2.75) is 63.5 Å². The maximum atomic E-state index is 13.2. The second-order valence-corrected chi connectivity index (χ2v) is 8.79. The van der Waals surface area contributed by atoms with E-state index in [9.17, 15) is 18.0 Å². The highest BCUT2D eigenvalue weighted by atomic mass is 19.4. The van der Waals surface area contributed by atoms with Crippen LogP contribution in [0.4, 0.5) is 19.0 Å². The Kier molecular flexibility index (Phi) is 6.43. The molecule has 4 rings (SSSR count). The quantitative estimate of drug-likeness (QED) is 0.671. The molecular weight excluding hydrogens is 423 g/mol. The van der Waals surface area contributed by atoms with Gasteiger partial charge in [0.2, 0.25) is 0 Å². The van der Waals surface area contributed by atoms with E-state index in [2.05, 4.69) is 14.6 Å². The van der Waals surface area contributed by atoms with Crippen molar-refractivity contribution in [2.75, 3.05) is 12.3 Å². The van der Waals surface area contributed by atoms with Gasteiger partial charge < -0.3 is 16.2 Å². The number of rotatable bonds is 7. The maximum absolute atomic E-state index is 13.2. The average Bonchev–Trinajstić information content (AvgIpc) is 3.52. The number of hydrogen-bond acceptors (Lipinski definition) is 6. The Bertz CT molecular complexity index is 998. The first-order valence-corrected chi connectivity index (χ1v) is 10.9. The van der Waals surface area contributed by atoms with Crippen LogP contribution in [0, 0.1) is 5.92 Å². The van der Waals surface area contributed by atoms with Gasteiger partial charge in [-0.3, -0.25) is 9.47 Å². The van der Waals surface area contributed by atoms with Crippen molar-refractivity contribution in [3.63, 3.8) is 0 Å². The molecule has 0 bridgehead atoms. The summed E-state index contributed by atoms with van der Waals surface area (Å²) < 4.78 is 45.1. The highest BCUT2D eigenvalue weighted by Gasteiger charge is 2.34. The van der Waals surface area contributed by atoms with E-state index in [1.54, 1.807) is 12.1 Å². The average molecular weight is 451 g/mol. The van der Waals surface area contributed by atoms with Crippen molar-refractivity contribution in [3.05, 3.63) is 46.5 Å². The molecule has 32 heavy (non-hydrogen) atoms. The Labute approximate surface area is 184 Å². The molecule has 1 heterocycles. The van der Waals surface area contributed by atoms with Gasteiger partial charge in [0.1, 0.15) is 11.6 Å². The van der Waals surface area contributed by atoms with E-state index < -0.39 is 12.1 Å². The molecule has 0 amide bonds. The van der Waals surface area contributed by atoms with Crippen molar-refractivity contribution in [2.24, 2.45) is 11.7 Å². The van der Waals surface area contributed by atoms with E-state index in [1.807, 2.05) is 0 Å². The van der Waals surface area contributed by atoms with Gasteiger partial charge in [-0.05, 0) is 56.6 Å². The smallest absolute Gasteiger partial charge is 0.405 e. The molecule has 0 unspecified atom stereocenters. The first kappa shape index (κ1) is 22.6. The third kappa shape index (κ3) is 5.80. The molecule has 2 saturated carbocycles. The van der Waals surface area contributed by atoms with Crippen LogP contribution >= 0.6 is 0 Å². The van der Waals surface area contributed by atoms with E-state index in [-0.39, 0.29) is 29.3 Å². The lowest BCUT2D eigenvalue weighted by Crippen LogP contribution is -2.41. The number of hydrogen-bond donors (Lipinski definition) is 2. The molecule has 0 radical (unpaired) electrons. The molecular formula is C22H28F3N5O2. The Balaban J connectivity index is 1.64. The number of aromatic nitrogens is 2. The van der Waals surface area contributed by atoms with E-state index in [4.69, 9.17) is 11.5 Å². The molecule has 1 aromatic heterocycles. The summed E-state index contributed by atoms with van der Waals surface area (Å²) in [6, 6.07) is 6.32. The van der Waals surface area contributed by atoms with Gasteiger partial charge in [0.25, 0.3) is 0 Å². The van der Waals surface area contributed by atoms with Crippen molar-refractivity contribution in [1.82, 2.24) is 14.5 Å². The standard InChI is InChI=1S/C22H28F3N5O2/c23-22(24,25)32-19-11-18(30-10-9-20(27)28-21(30)31)6-3-15(19)13-29(12-14-1-2-14)17-7-4-16(26)5-8-17/h3,6,9-11,14,16-17H,1-2,4-5,7-8,12-13,26H2,(H2,27,28,31)/t16-,17-. The summed E-state index contributed by atoms with van der Waals surface area (Å²) in [4.78, 5) is 18.1. The minimum Gasteiger partial charge on any atom is -0.405 e. The molecule has 0 saturated heterocycles. The van der Waals surface area contributed by atoms with Gasteiger partial charge in [-0.2, -0.15) is 4.98 Å². The molecule has 1 aromatic carbocycles. The number of nitrogen functional groups attached to an aromatic ring is 1. The lowest BCUT2D eigenvalue weighted by molar-refractivity contribution is -0.275. The number of alkyl halides is 3. The summed E-state index contributed by atoms with van der Waals surface area (Å²) in [5.41, 5.74) is 11.5. The van der Waals surface area contributed by atoms with Crippen LogP contribution in [-0.2, 0) is 6.54 Å². The summed E-state index contributed by atoms with van der Waals surface area (Å²) >= 11 is 0. The normalized spacial score (nSPS) is 21.7. The number of halogens is 3. The fourth-order valence-electron chi connectivity index (χ4n) is 4.32. The predicted octanol–water partition coefficient (Wildman–Crippen LogP) is 3.20. The van der Waals surface area contributed by atoms with Crippen molar-refractivity contribution in [3.8, 4) is 11.4 Å². The van der Waals surface area contributed by atoms with Gasteiger partial charge in [0.05, 0.1) is 5.69 Å². The third-order valence-corrected chi connectivity index (χ3v) is 6.20. The number of nitrogens with two attached hydrogens (primary N) is 2. The van der Waals surface area contributed by atoms with Crippen LogP contribution in [-0.4, -0.2) is 39.4 Å². The summed E-state index contributed by atoms with van der Waals surface area (Å²) in [6.07, 6.45) is 2.55. The van der Waals surface area contributed by atoms with Crippen LogP contribution in [0.3, 0.4) is 0 Å². The SMILES string of the molecule is Nc1ccn(-c2ccc(CN(CC3CC3)[C@H]3CC[C@H](N)CC3)c(OC(F)(F)F)c2)c(=O)n1. The number of nitrogens with zero attached hydrogens (tertiary/aromatic N) is 3. The monoisotopic (exact) mass is 451 g/mol. The molecule has 174 valence electrons. The molecule has 2 fully saturated rings. The summed E-state index contributed by atoms with van der Waals surface area (Å²) in [5, 5.41) is 0. The van der Waals surface area contributed by atoms with Crippen molar-refractivity contribution in [1.29, 1.82) is 0 Å². The van der Waals surface area contributed by atoms with Crippen LogP contribution in [0.25, 0.3) is 5.69 Å². The minimum absolute atomic E-state index is 0.0394. The van der Waals surface area contributed by atoms with Gasteiger partial charge in [-0.25, -0.2) is 4.79 Å². The minimum atomic E-state index is -4.85. The zero-order chi connectivity index (χ0) is 22.9. The van der Waals surface area contributed by atoms with Gasteiger partial charge in [-0.15, -0.1) is 13.2 Å². The molecule has 0 spiro atoms. The molecule has 10 heteroatoms. The highest BCUT2D eigenvalue weighted by molar-refractivity contribution is 5.45. The molecule has 0 aliphatic heterocycles. The van der Waals surface area contributed by atoms with Crippen LogP contribution in [0.1, 0.15) is 44.1 Å². The first-order chi connectivity index (χ1) is 15.2. The zero-order valence-corrected chi connectivity index (χ0v) is 17.7. The lowest BCUT2D eigenvalue weighted by atomic mass is 9.90. The Hall–Kier alpha value is -2.59. The molecule has 0 atom stereocenters. The van der Waals surface area contributed by atoms with Gasteiger partial charge in [-0.1, -0.05) is 6.07 Å². The highest BCUT2D eigenvalue weighted by Crippen LogP contribution is 2.35. The molecule has 2 aliphatic carbocycles. The first-order valence-electron chi connectivity index (χ1n) is 10.9. The second kappa shape index (κ2) is 9.11. The second-order valence-electron chi connectivity index (χ2n) is 8.79. The van der Waals surface area contributed by atoms with Crippen molar-refractivity contribution >= 4 is 5.82 Å². The maximum Gasteiger partial charge on any atom is 0.573 e.